The zero-order chi connectivity index (χ0) is 10.3. The molecule has 0 aromatic carbocycles. The molecule has 4 heteroatoms. The first kappa shape index (κ1) is 12.6. The van der Waals surface area contributed by atoms with E-state index in [0.717, 1.165) is 5.57 Å². The van der Waals surface area contributed by atoms with E-state index in [1.54, 1.807) is 26.8 Å². The van der Waals surface area contributed by atoms with Crippen LogP contribution < -0.4 is 0 Å². The molecule has 0 unspecified atom stereocenters. The first-order valence-electron chi connectivity index (χ1n) is 4.28. The molecule has 13 heavy (non-hydrogen) atoms. The molecule has 0 amide bonds. The zero-order valence-corrected chi connectivity index (χ0v) is 9.34. The zero-order valence-electron chi connectivity index (χ0n) is 8.45. The minimum atomic E-state index is -3.03. The molecule has 0 aromatic rings. The second kappa shape index (κ2) is 6.14. The van der Waals surface area contributed by atoms with Gasteiger partial charge < -0.3 is 9.05 Å². The SMILES string of the molecule is C=CC(C)=CP(=O)(OCC)OCC. The molecule has 0 aliphatic rings. The predicted octanol–water partition coefficient (Wildman–Crippen LogP) is 3.34. The molecule has 0 aliphatic heterocycles. The lowest BCUT2D eigenvalue weighted by Crippen LogP contribution is -1.93. The smallest absolute Gasteiger partial charge is 0.306 e. The van der Waals surface area contributed by atoms with Crippen molar-refractivity contribution in [2.24, 2.45) is 0 Å². The second-order valence-corrected chi connectivity index (χ2v) is 4.31. The van der Waals surface area contributed by atoms with Crippen LogP contribution in [0, 0.1) is 0 Å². The van der Waals surface area contributed by atoms with Crippen molar-refractivity contribution < 1.29 is 13.6 Å². The summed E-state index contributed by atoms with van der Waals surface area (Å²) in [5.74, 6) is 1.49. The van der Waals surface area contributed by atoms with Crippen LogP contribution in [0.1, 0.15) is 20.8 Å². The van der Waals surface area contributed by atoms with Gasteiger partial charge in [0.1, 0.15) is 0 Å². The standard InChI is InChI=1S/C9H17O3P/c1-5-9(4)8-13(10,11-6-2)12-7-3/h5,8H,1,6-7H2,2-4H3. The van der Waals surface area contributed by atoms with Crippen LogP contribution in [-0.4, -0.2) is 13.2 Å². The maximum Gasteiger partial charge on any atom is 0.354 e. The van der Waals surface area contributed by atoms with Crippen molar-refractivity contribution in [3.63, 3.8) is 0 Å². The van der Waals surface area contributed by atoms with Crippen LogP contribution in [0.25, 0.3) is 0 Å². The van der Waals surface area contributed by atoms with Crippen molar-refractivity contribution >= 4 is 7.60 Å². The van der Waals surface area contributed by atoms with Gasteiger partial charge in [-0.3, -0.25) is 4.57 Å². The summed E-state index contributed by atoms with van der Waals surface area (Å²) in [5, 5.41) is 0. The van der Waals surface area contributed by atoms with Gasteiger partial charge in [-0.15, -0.1) is 0 Å². The van der Waals surface area contributed by atoms with E-state index in [9.17, 15) is 4.57 Å². The highest BCUT2D eigenvalue weighted by atomic mass is 31.2. The van der Waals surface area contributed by atoms with Crippen molar-refractivity contribution in [1.29, 1.82) is 0 Å². The lowest BCUT2D eigenvalue weighted by Gasteiger charge is -2.13. The van der Waals surface area contributed by atoms with Crippen LogP contribution in [0.15, 0.2) is 24.0 Å². The summed E-state index contributed by atoms with van der Waals surface area (Å²) in [5.41, 5.74) is 0.797. The van der Waals surface area contributed by atoms with Crippen LogP contribution in [0.4, 0.5) is 0 Å². The normalized spacial score (nSPS) is 13.0. The van der Waals surface area contributed by atoms with Crippen molar-refractivity contribution in [3.05, 3.63) is 24.0 Å². The molecule has 0 atom stereocenters. The van der Waals surface area contributed by atoms with Gasteiger partial charge in [-0.25, -0.2) is 0 Å². The van der Waals surface area contributed by atoms with E-state index >= 15 is 0 Å². The van der Waals surface area contributed by atoms with E-state index in [0.29, 0.717) is 13.2 Å². The van der Waals surface area contributed by atoms with Crippen LogP contribution in [-0.2, 0) is 13.6 Å². The number of hydrogen-bond donors (Lipinski definition) is 0. The third-order valence-electron chi connectivity index (χ3n) is 1.30. The molecular weight excluding hydrogens is 187 g/mol. The van der Waals surface area contributed by atoms with Crippen LogP contribution in [0.5, 0.6) is 0 Å². The van der Waals surface area contributed by atoms with Gasteiger partial charge in [0, 0.05) is 5.82 Å². The minimum Gasteiger partial charge on any atom is -0.306 e. The van der Waals surface area contributed by atoms with Gasteiger partial charge in [0.2, 0.25) is 0 Å². The second-order valence-electron chi connectivity index (χ2n) is 2.45. The molecule has 0 radical (unpaired) electrons. The molecule has 0 N–H and O–H groups in total. The summed E-state index contributed by atoms with van der Waals surface area (Å²) in [4.78, 5) is 0. The fourth-order valence-electron chi connectivity index (χ4n) is 0.774. The van der Waals surface area contributed by atoms with E-state index in [4.69, 9.17) is 9.05 Å². The van der Waals surface area contributed by atoms with E-state index in [-0.39, 0.29) is 0 Å². The molecular formula is C9H17O3P. The van der Waals surface area contributed by atoms with Gasteiger partial charge in [-0.1, -0.05) is 12.7 Å². The summed E-state index contributed by atoms with van der Waals surface area (Å²) >= 11 is 0. The highest BCUT2D eigenvalue weighted by molar-refractivity contribution is 7.57. The van der Waals surface area contributed by atoms with Crippen molar-refractivity contribution in [2.75, 3.05) is 13.2 Å². The summed E-state index contributed by atoms with van der Waals surface area (Å²) in [6.45, 7) is 9.68. The topological polar surface area (TPSA) is 35.5 Å². The fourth-order valence-corrected chi connectivity index (χ4v) is 2.32. The average Bonchev–Trinajstić information content (AvgIpc) is 2.04. The van der Waals surface area contributed by atoms with E-state index < -0.39 is 7.60 Å². The average molecular weight is 204 g/mol. The number of hydrogen-bond acceptors (Lipinski definition) is 3. The maximum absolute atomic E-state index is 11.8. The van der Waals surface area contributed by atoms with E-state index in [1.807, 2.05) is 0 Å². The monoisotopic (exact) mass is 204 g/mol. The van der Waals surface area contributed by atoms with E-state index in [1.165, 1.54) is 5.82 Å². The highest BCUT2D eigenvalue weighted by Crippen LogP contribution is 2.50. The Labute approximate surface area is 80.0 Å². The lowest BCUT2D eigenvalue weighted by molar-refractivity contribution is 0.229. The van der Waals surface area contributed by atoms with Crippen LogP contribution >= 0.6 is 7.60 Å². The van der Waals surface area contributed by atoms with E-state index in [2.05, 4.69) is 6.58 Å². The maximum atomic E-state index is 11.8. The lowest BCUT2D eigenvalue weighted by atomic mass is 10.4. The molecule has 0 bridgehead atoms. The quantitative estimate of drug-likeness (QED) is 0.491. The van der Waals surface area contributed by atoms with Gasteiger partial charge in [-0.05, 0) is 26.3 Å². The van der Waals surface area contributed by atoms with Crippen molar-refractivity contribution in [2.45, 2.75) is 20.8 Å². The molecule has 0 fully saturated rings. The number of allylic oxidation sites excluding steroid dienone is 2. The van der Waals surface area contributed by atoms with Crippen molar-refractivity contribution in [1.82, 2.24) is 0 Å². The molecule has 0 heterocycles. The summed E-state index contributed by atoms with van der Waals surface area (Å²) in [6, 6.07) is 0. The van der Waals surface area contributed by atoms with Crippen LogP contribution in [0.3, 0.4) is 0 Å². The molecule has 0 saturated heterocycles. The predicted molar refractivity (Wildman–Crippen MR) is 54.8 cm³/mol. The Kier molecular flexibility index (Phi) is 5.97. The minimum absolute atomic E-state index is 0.373. The summed E-state index contributed by atoms with van der Waals surface area (Å²) in [6.07, 6.45) is 1.62. The van der Waals surface area contributed by atoms with Crippen LogP contribution in [0.2, 0.25) is 0 Å². The van der Waals surface area contributed by atoms with Gasteiger partial charge in [0.25, 0.3) is 0 Å². The largest absolute Gasteiger partial charge is 0.354 e. The summed E-state index contributed by atoms with van der Waals surface area (Å²) in [7, 11) is -3.03. The molecule has 76 valence electrons. The van der Waals surface area contributed by atoms with Crippen molar-refractivity contribution in [3.8, 4) is 0 Å². The Morgan fingerprint density at radius 2 is 1.85 bits per heavy atom. The van der Waals surface area contributed by atoms with Gasteiger partial charge >= 0.3 is 7.60 Å². The molecule has 0 aliphatic carbocycles. The molecule has 3 nitrogen and oxygen atoms in total. The Balaban J connectivity index is 4.58. The first-order chi connectivity index (χ1) is 6.08. The Hall–Kier alpha value is -0.370. The molecule has 0 rings (SSSR count). The third-order valence-corrected chi connectivity index (χ3v) is 3.26. The Morgan fingerprint density at radius 3 is 2.15 bits per heavy atom. The third kappa shape index (κ3) is 5.04. The molecule has 0 aromatic heterocycles. The highest BCUT2D eigenvalue weighted by Gasteiger charge is 2.19. The van der Waals surface area contributed by atoms with Gasteiger partial charge in [0.15, 0.2) is 0 Å². The van der Waals surface area contributed by atoms with Gasteiger partial charge in [-0.2, -0.15) is 0 Å². The van der Waals surface area contributed by atoms with Gasteiger partial charge in [0.05, 0.1) is 13.2 Å². The summed E-state index contributed by atoms with van der Waals surface area (Å²) < 4.78 is 21.9. The number of rotatable bonds is 6. The molecule has 0 saturated carbocycles. The first-order valence-corrected chi connectivity index (χ1v) is 5.89. The fraction of sp³-hybridized carbons (Fsp3) is 0.556. The Bertz CT molecular complexity index is 223. The Morgan fingerprint density at radius 1 is 1.38 bits per heavy atom. The molecule has 0 spiro atoms.